The van der Waals surface area contributed by atoms with Crippen LogP contribution in [0.5, 0.6) is 0 Å². The van der Waals surface area contributed by atoms with Crippen LogP contribution in [0, 0.1) is 23.7 Å². The summed E-state index contributed by atoms with van der Waals surface area (Å²) in [5.41, 5.74) is 1.72. The van der Waals surface area contributed by atoms with Crippen LogP contribution < -0.4 is 0 Å². The van der Waals surface area contributed by atoms with Gasteiger partial charge in [0.05, 0.1) is 0 Å². The number of rotatable bonds is 1. The second-order valence-electron chi connectivity index (χ2n) is 4.20. The van der Waals surface area contributed by atoms with E-state index in [0.717, 1.165) is 23.7 Å². The maximum atomic E-state index is 2.53. The fraction of sp³-hybridized carbons (Fsp3) is 0.800. The molecule has 0 bridgehead atoms. The molecule has 2 aliphatic rings. The van der Waals surface area contributed by atoms with Gasteiger partial charge in [-0.15, -0.1) is 0 Å². The standard InChI is InChI=1S/C10H16/c1-6(2)8-4-9-7(3)10(9)5-8/h4,6-7,9-10H,5H2,1-3H3/t7-,9-,10+/m1/s1. The van der Waals surface area contributed by atoms with Gasteiger partial charge < -0.3 is 0 Å². The maximum Gasteiger partial charge on any atom is -0.0168 e. The first kappa shape index (κ1) is 6.45. The number of hydrogen-bond donors (Lipinski definition) is 0. The normalized spacial score (nSPS) is 43.6. The molecule has 0 heteroatoms. The molecule has 56 valence electrons. The Kier molecular flexibility index (Phi) is 1.21. The van der Waals surface area contributed by atoms with Crippen LogP contribution in [0.3, 0.4) is 0 Å². The zero-order valence-corrected chi connectivity index (χ0v) is 7.09. The molecule has 2 rings (SSSR count). The maximum absolute atomic E-state index is 2.53. The molecular weight excluding hydrogens is 120 g/mol. The average Bonchev–Trinajstić information content (AvgIpc) is 2.38. The van der Waals surface area contributed by atoms with Gasteiger partial charge in [-0.2, -0.15) is 0 Å². The predicted molar refractivity (Wildman–Crippen MR) is 43.7 cm³/mol. The molecule has 0 heterocycles. The Bertz CT molecular complexity index is 176. The van der Waals surface area contributed by atoms with Gasteiger partial charge in [-0.1, -0.05) is 32.4 Å². The van der Waals surface area contributed by atoms with Gasteiger partial charge in [-0.25, -0.2) is 0 Å². The molecule has 0 spiro atoms. The fourth-order valence-electron chi connectivity index (χ4n) is 2.19. The van der Waals surface area contributed by atoms with E-state index in [4.69, 9.17) is 0 Å². The summed E-state index contributed by atoms with van der Waals surface area (Å²) in [6, 6.07) is 0. The quantitative estimate of drug-likeness (QED) is 0.486. The van der Waals surface area contributed by atoms with E-state index in [9.17, 15) is 0 Å². The molecule has 0 radical (unpaired) electrons. The van der Waals surface area contributed by atoms with E-state index < -0.39 is 0 Å². The van der Waals surface area contributed by atoms with E-state index in [0.29, 0.717) is 0 Å². The van der Waals surface area contributed by atoms with Crippen LogP contribution in [0.4, 0.5) is 0 Å². The third kappa shape index (κ3) is 0.744. The lowest BCUT2D eigenvalue weighted by Gasteiger charge is -2.07. The molecule has 0 nitrogen and oxygen atoms in total. The Balaban J connectivity index is 2.05. The number of fused-ring (bicyclic) bond motifs is 1. The predicted octanol–water partition coefficient (Wildman–Crippen LogP) is 2.85. The lowest BCUT2D eigenvalue weighted by atomic mass is 9.99. The molecule has 0 aromatic heterocycles. The van der Waals surface area contributed by atoms with Gasteiger partial charge in [0.1, 0.15) is 0 Å². The Morgan fingerprint density at radius 3 is 2.60 bits per heavy atom. The molecule has 0 saturated heterocycles. The molecule has 0 amide bonds. The van der Waals surface area contributed by atoms with Crippen LogP contribution in [0.15, 0.2) is 11.6 Å². The molecule has 3 atom stereocenters. The van der Waals surface area contributed by atoms with Crippen LogP contribution in [0.1, 0.15) is 27.2 Å². The largest absolute Gasteiger partial charge is 0.0814 e. The summed E-state index contributed by atoms with van der Waals surface area (Å²) in [7, 11) is 0. The lowest BCUT2D eigenvalue weighted by molar-refractivity contribution is 0.658. The molecule has 1 fully saturated rings. The molecular formula is C10H16. The van der Waals surface area contributed by atoms with Crippen LogP contribution >= 0.6 is 0 Å². The van der Waals surface area contributed by atoms with Crippen molar-refractivity contribution >= 4 is 0 Å². The highest BCUT2D eigenvalue weighted by Gasteiger charge is 2.48. The van der Waals surface area contributed by atoms with Crippen molar-refractivity contribution in [1.82, 2.24) is 0 Å². The Hall–Kier alpha value is -0.260. The molecule has 0 N–H and O–H groups in total. The molecule has 0 aromatic rings. The Labute approximate surface area is 63.3 Å². The minimum absolute atomic E-state index is 0.806. The average molecular weight is 136 g/mol. The van der Waals surface area contributed by atoms with Crippen LogP contribution in [-0.2, 0) is 0 Å². The highest BCUT2D eigenvalue weighted by Crippen LogP contribution is 2.56. The molecule has 0 unspecified atom stereocenters. The van der Waals surface area contributed by atoms with Crippen molar-refractivity contribution in [2.75, 3.05) is 0 Å². The van der Waals surface area contributed by atoms with Crippen molar-refractivity contribution in [3.63, 3.8) is 0 Å². The van der Waals surface area contributed by atoms with Crippen molar-refractivity contribution in [2.24, 2.45) is 23.7 Å². The van der Waals surface area contributed by atoms with Crippen LogP contribution in [-0.4, -0.2) is 0 Å². The third-order valence-electron chi connectivity index (χ3n) is 3.26. The zero-order valence-electron chi connectivity index (χ0n) is 7.09. The van der Waals surface area contributed by atoms with E-state index in [1.807, 2.05) is 0 Å². The van der Waals surface area contributed by atoms with Crippen molar-refractivity contribution < 1.29 is 0 Å². The first-order chi connectivity index (χ1) is 4.70. The smallest absolute Gasteiger partial charge is 0.0168 e. The number of hydrogen-bond acceptors (Lipinski definition) is 0. The van der Waals surface area contributed by atoms with E-state index in [1.165, 1.54) is 6.42 Å². The minimum Gasteiger partial charge on any atom is -0.0814 e. The van der Waals surface area contributed by atoms with Crippen molar-refractivity contribution in [3.05, 3.63) is 11.6 Å². The summed E-state index contributed by atoms with van der Waals surface area (Å²) >= 11 is 0. The lowest BCUT2D eigenvalue weighted by Crippen LogP contribution is -1.93. The van der Waals surface area contributed by atoms with E-state index >= 15 is 0 Å². The monoisotopic (exact) mass is 136 g/mol. The Morgan fingerprint density at radius 2 is 2.20 bits per heavy atom. The van der Waals surface area contributed by atoms with Gasteiger partial charge in [0.25, 0.3) is 0 Å². The van der Waals surface area contributed by atoms with E-state index in [1.54, 1.807) is 5.57 Å². The Morgan fingerprint density at radius 1 is 1.50 bits per heavy atom. The van der Waals surface area contributed by atoms with Gasteiger partial charge in [0.2, 0.25) is 0 Å². The van der Waals surface area contributed by atoms with Gasteiger partial charge in [-0.3, -0.25) is 0 Å². The molecule has 0 aliphatic heterocycles. The first-order valence-electron chi connectivity index (χ1n) is 4.40. The second kappa shape index (κ2) is 1.87. The van der Waals surface area contributed by atoms with Gasteiger partial charge in [-0.05, 0) is 30.1 Å². The van der Waals surface area contributed by atoms with Crippen molar-refractivity contribution in [1.29, 1.82) is 0 Å². The second-order valence-corrected chi connectivity index (χ2v) is 4.20. The summed E-state index contributed by atoms with van der Waals surface area (Å²) < 4.78 is 0. The van der Waals surface area contributed by atoms with Crippen LogP contribution in [0.2, 0.25) is 0 Å². The highest BCUT2D eigenvalue weighted by molar-refractivity contribution is 5.24. The molecule has 2 aliphatic carbocycles. The topological polar surface area (TPSA) is 0 Å². The summed E-state index contributed by atoms with van der Waals surface area (Å²) in [5, 5.41) is 0. The third-order valence-corrected chi connectivity index (χ3v) is 3.26. The number of allylic oxidation sites excluding steroid dienone is 2. The first-order valence-corrected chi connectivity index (χ1v) is 4.40. The van der Waals surface area contributed by atoms with Gasteiger partial charge in [0, 0.05) is 0 Å². The van der Waals surface area contributed by atoms with Crippen LogP contribution in [0.25, 0.3) is 0 Å². The van der Waals surface area contributed by atoms with Gasteiger partial charge >= 0.3 is 0 Å². The minimum atomic E-state index is 0.806. The summed E-state index contributed by atoms with van der Waals surface area (Å²) in [4.78, 5) is 0. The fourth-order valence-corrected chi connectivity index (χ4v) is 2.19. The molecule has 1 saturated carbocycles. The molecule has 0 aromatic carbocycles. The van der Waals surface area contributed by atoms with Crippen molar-refractivity contribution in [3.8, 4) is 0 Å². The summed E-state index contributed by atoms with van der Waals surface area (Å²) in [5.74, 6) is 3.86. The van der Waals surface area contributed by atoms with E-state index in [-0.39, 0.29) is 0 Å². The SMILES string of the molecule is CC(C)C1=C[C@@H]2[C@@H](C)[C@@H]2C1. The summed E-state index contributed by atoms with van der Waals surface area (Å²) in [6.45, 7) is 6.99. The van der Waals surface area contributed by atoms with E-state index in [2.05, 4.69) is 26.8 Å². The highest BCUT2D eigenvalue weighted by atomic mass is 14.5. The summed E-state index contributed by atoms with van der Waals surface area (Å²) in [6.07, 6.45) is 3.93. The molecule has 10 heavy (non-hydrogen) atoms. The zero-order chi connectivity index (χ0) is 7.30. The van der Waals surface area contributed by atoms with Crippen molar-refractivity contribution in [2.45, 2.75) is 27.2 Å². The van der Waals surface area contributed by atoms with Gasteiger partial charge in [0.15, 0.2) is 0 Å².